The minimum absolute atomic E-state index is 0.221. The molecule has 11 heteroatoms. The number of rotatable bonds is 3. The summed E-state index contributed by atoms with van der Waals surface area (Å²) >= 11 is 16.6. The molecule has 0 saturated carbocycles. The van der Waals surface area contributed by atoms with Crippen molar-refractivity contribution in [1.29, 1.82) is 0 Å². The summed E-state index contributed by atoms with van der Waals surface area (Å²) in [5, 5.41) is 4.43. The van der Waals surface area contributed by atoms with Gasteiger partial charge < -0.3 is 15.0 Å². The molecule has 3 rings (SSSR count). The van der Waals surface area contributed by atoms with Crippen LogP contribution in [0.15, 0.2) is 24.8 Å². The predicted molar refractivity (Wildman–Crippen MR) is 118 cm³/mol. The van der Waals surface area contributed by atoms with Gasteiger partial charge in [0.05, 0.1) is 0 Å². The standard InChI is InChI=1S/C15H23ClN4O2.C4H2Cl2N2/c1-15(2,3)22-14(21)20-6-4-11(5-7-20)9-17-13-8-12(16)18-10-19-13;5-3-1-4(6)8-2-7-3/h8,10-11H,4-7,9H2,1-3H3,(H,17,18,19);1-2H. The molecular weight excluding hydrogens is 451 g/mol. The van der Waals surface area contributed by atoms with Crippen LogP contribution in [0.3, 0.4) is 0 Å². The molecule has 0 aliphatic carbocycles. The molecule has 1 aliphatic heterocycles. The Morgan fingerprint density at radius 2 is 1.57 bits per heavy atom. The monoisotopic (exact) mass is 474 g/mol. The molecular formula is C19H25Cl3N6O2. The highest BCUT2D eigenvalue weighted by atomic mass is 35.5. The molecule has 1 N–H and O–H groups in total. The second-order valence-corrected chi connectivity index (χ2v) is 8.84. The fourth-order valence-electron chi connectivity index (χ4n) is 2.64. The molecule has 0 radical (unpaired) electrons. The number of ether oxygens (including phenoxy) is 1. The smallest absolute Gasteiger partial charge is 0.410 e. The van der Waals surface area contributed by atoms with Crippen LogP contribution in [0, 0.1) is 5.92 Å². The summed E-state index contributed by atoms with van der Waals surface area (Å²) in [4.78, 5) is 29.0. The highest BCUT2D eigenvalue weighted by molar-refractivity contribution is 6.33. The SMILES string of the molecule is CC(C)(C)OC(=O)N1CCC(CNc2cc(Cl)ncn2)CC1.Clc1cc(Cl)ncn1. The van der Waals surface area contributed by atoms with E-state index in [1.165, 1.54) is 18.7 Å². The van der Waals surface area contributed by atoms with E-state index in [0.29, 0.717) is 21.4 Å². The molecule has 1 amide bonds. The number of carbonyl (C=O) groups is 1. The lowest BCUT2D eigenvalue weighted by Crippen LogP contribution is -2.42. The summed E-state index contributed by atoms with van der Waals surface area (Å²) in [7, 11) is 0. The van der Waals surface area contributed by atoms with E-state index in [2.05, 4.69) is 25.3 Å². The number of piperidine rings is 1. The number of hydrogen-bond donors (Lipinski definition) is 1. The predicted octanol–water partition coefficient (Wildman–Crippen LogP) is 4.97. The summed E-state index contributed by atoms with van der Waals surface area (Å²) in [6.45, 7) is 7.92. The quantitative estimate of drug-likeness (QED) is 0.626. The first-order valence-corrected chi connectivity index (χ1v) is 10.6. The Morgan fingerprint density at radius 1 is 1.03 bits per heavy atom. The summed E-state index contributed by atoms with van der Waals surface area (Å²) in [6, 6.07) is 3.18. The Balaban J connectivity index is 0.000000335. The zero-order chi connectivity index (χ0) is 22.1. The molecule has 2 aromatic heterocycles. The van der Waals surface area contributed by atoms with Gasteiger partial charge >= 0.3 is 6.09 Å². The Labute approximate surface area is 191 Å². The van der Waals surface area contributed by atoms with Crippen LogP contribution in [0.2, 0.25) is 15.5 Å². The fraction of sp³-hybridized carbons (Fsp3) is 0.526. The van der Waals surface area contributed by atoms with Crippen LogP contribution < -0.4 is 5.32 Å². The first-order valence-electron chi connectivity index (χ1n) is 9.45. The van der Waals surface area contributed by atoms with Crippen molar-refractivity contribution in [2.75, 3.05) is 25.0 Å². The van der Waals surface area contributed by atoms with Gasteiger partial charge in [-0.2, -0.15) is 0 Å². The molecule has 30 heavy (non-hydrogen) atoms. The van der Waals surface area contributed by atoms with Gasteiger partial charge in [0.25, 0.3) is 0 Å². The number of nitrogens with one attached hydrogen (secondary N) is 1. The topological polar surface area (TPSA) is 93.1 Å². The highest BCUT2D eigenvalue weighted by Gasteiger charge is 2.26. The van der Waals surface area contributed by atoms with Crippen LogP contribution in [-0.2, 0) is 4.74 Å². The van der Waals surface area contributed by atoms with Gasteiger partial charge in [-0.05, 0) is 39.5 Å². The number of aromatic nitrogens is 4. The number of carbonyl (C=O) groups excluding carboxylic acids is 1. The largest absolute Gasteiger partial charge is 0.444 e. The highest BCUT2D eigenvalue weighted by Crippen LogP contribution is 2.20. The van der Waals surface area contributed by atoms with Crippen LogP contribution in [-0.4, -0.2) is 56.2 Å². The minimum Gasteiger partial charge on any atom is -0.444 e. The second kappa shape index (κ2) is 11.5. The van der Waals surface area contributed by atoms with Gasteiger partial charge in [0.1, 0.15) is 39.5 Å². The lowest BCUT2D eigenvalue weighted by Gasteiger charge is -2.33. The van der Waals surface area contributed by atoms with Crippen molar-refractivity contribution in [3.8, 4) is 0 Å². The van der Waals surface area contributed by atoms with Crippen molar-refractivity contribution < 1.29 is 9.53 Å². The molecule has 8 nitrogen and oxygen atoms in total. The third-order valence-corrected chi connectivity index (χ3v) is 4.69. The summed E-state index contributed by atoms with van der Waals surface area (Å²) in [5.74, 6) is 1.24. The van der Waals surface area contributed by atoms with Crippen LogP contribution in [0.25, 0.3) is 0 Å². The normalized spacial score (nSPS) is 14.5. The van der Waals surface area contributed by atoms with Gasteiger partial charge in [-0.1, -0.05) is 34.8 Å². The van der Waals surface area contributed by atoms with Gasteiger partial charge in [-0.3, -0.25) is 0 Å². The molecule has 1 fully saturated rings. The van der Waals surface area contributed by atoms with Gasteiger partial charge in [0, 0.05) is 31.8 Å². The molecule has 0 aromatic carbocycles. The lowest BCUT2D eigenvalue weighted by molar-refractivity contribution is 0.0188. The van der Waals surface area contributed by atoms with E-state index >= 15 is 0 Å². The van der Waals surface area contributed by atoms with E-state index in [-0.39, 0.29) is 6.09 Å². The lowest BCUT2D eigenvalue weighted by atomic mass is 9.97. The zero-order valence-electron chi connectivity index (χ0n) is 17.1. The van der Waals surface area contributed by atoms with Crippen LogP contribution in [0.5, 0.6) is 0 Å². The van der Waals surface area contributed by atoms with Crippen LogP contribution in [0.4, 0.5) is 10.6 Å². The number of hydrogen-bond acceptors (Lipinski definition) is 7. The first kappa shape index (κ1) is 24.4. The van der Waals surface area contributed by atoms with E-state index in [0.717, 1.165) is 38.3 Å². The van der Waals surface area contributed by atoms with Gasteiger partial charge in [-0.15, -0.1) is 0 Å². The molecule has 2 aromatic rings. The molecule has 1 aliphatic rings. The van der Waals surface area contributed by atoms with E-state index in [1.807, 2.05) is 20.8 Å². The third-order valence-electron chi connectivity index (χ3n) is 4.07. The maximum Gasteiger partial charge on any atom is 0.410 e. The first-order chi connectivity index (χ1) is 14.1. The maximum atomic E-state index is 12.0. The van der Waals surface area contributed by atoms with Crippen molar-refractivity contribution in [2.24, 2.45) is 5.92 Å². The van der Waals surface area contributed by atoms with Gasteiger partial charge in [0.15, 0.2) is 0 Å². The number of halogens is 3. The minimum atomic E-state index is -0.443. The Hall–Kier alpha value is -1.90. The molecule has 0 bridgehead atoms. The van der Waals surface area contributed by atoms with Crippen molar-refractivity contribution in [3.63, 3.8) is 0 Å². The molecule has 164 valence electrons. The molecule has 1 saturated heterocycles. The van der Waals surface area contributed by atoms with Crippen LogP contribution >= 0.6 is 34.8 Å². The zero-order valence-corrected chi connectivity index (χ0v) is 19.4. The average molecular weight is 476 g/mol. The maximum absolute atomic E-state index is 12.0. The number of likely N-dealkylation sites (tertiary alicyclic amines) is 1. The number of amides is 1. The molecule has 0 unspecified atom stereocenters. The van der Waals surface area contributed by atoms with E-state index < -0.39 is 5.60 Å². The Morgan fingerprint density at radius 3 is 2.03 bits per heavy atom. The van der Waals surface area contributed by atoms with Crippen molar-refractivity contribution in [1.82, 2.24) is 24.8 Å². The molecule has 3 heterocycles. The van der Waals surface area contributed by atoms with E-state index in [9.17, 15) is 4.79 Å². The number of anilines is 1. The van der Waals surface area contributed by atoms with Crippen molar-refractivity contribution in [2.45, 2.75) is 39.2 Å². The number of nitrogens with zero attached hydrogens (tertiary/aromatic N) is 5. The second-order valence-electron chi connectivity index (χ2n) is 7.68. The van der Waals surface area contributed by atoms with E-state index in [1.54, 1.807) is 11.0 Å². The summed E-state index contributed by atoms with van der Waals surface area (Å²) in [5.41, 5.74) is -0.443. The molecule has 0 spiro atoms. The average Bonchev–Trinajstić information content (AvgIpc) is 2.66. The fourth-order valence-corrected chi connectivity index (χ4v) is 3.13. The van der Waals surface area contributed by atoms with Crippen molar-refractivity contribution in [3.05, 3.63) is 40.2 Å². The summed E-state index contributed by atoms with van der Waals surface area (Å²) < 4.78 is 5.39. The van der Waals surface area contributed by atoms with Crippen molar-refractivity contribution >= 4 is 46.7 Å². The van der Waals surface area contributed by atoms with Crippen LogP contribution in [0.1, 0.15) is 33.6 Å². The summed E-state index contributed by atoms with van der Waals surface area (Å²) in [6.07, 6.45) is 4.43. The third kappa shape index (κ3) is 9.28. The Bertz CT molecular complexity index is 809. The van der Waals surface area contributed by atoms with E-state index in [4.69, 9.17) is 39.5 Å². The van der Waals surface area contributed by atoms with Gasteiger partial charge in [0.2, 0.25) is 0 Å². The Kier molecular flexibility index (Phi) is 9.33. The van der Waals surface area contributed by atoms with Gasteiger partial charge in [-0.25, -0.2) is 24.7 Å². The molecule has 0 atom stereocenters.